The van der Waals surface area contributed by atoms with Gasteiger partial charge in [-0.15, -0.1) is 11.6 Å². The van der Waals surface area contributed by atoms with E-state index in [0.29, 0.717) is 17.1 Å². The van der Waals surface area contributed by atoms with E-state index < -0.39 is 17.5 Å². The smallest absolute Gasteiger partial charge is 0.341 e. The van der Waals surface area contributed by atoms with Crippen LogP contribution in [0.1, 0.15) is 34.9 Å². The Labute approximate surface area is 109 Å². The van der Waals surface area contributed by atoms with Gasteiger partial charge in [-0.05, 0) is 19.9 Å². The third-order valence-electron chi connectivity index (χ3n) is 2.69. The molecule has 0 N–H and O–H groups in total. The second-order valence-electron chi connectivity index (χ2n) is 3.94. The zero-order valence-electron chi connectivity index (χ0n) is 10.1. The summed E-state index contributed by atoms with van der Waals surface area (Å²) < 4.78 is 15.6. The molecule has 1 fully saturated rings. The maximum atomic E-state index is 11.6. The number of carbonyl (C=O) groups is 2. The summed E-state index contributed by atoms with van der Waals surface area (Å²) in [6.07, 6.45) is -0.638. The largest absolute Gasteiger partial charge is 0.463 e. The summed E-state index contributed by atoms with van der Waals surface area (Å²) in [6, 6.07) is 1.52. The highest BCUT2D eigenvalue weighted by molar-refractivity contribution is 6.32. The van der Waals surface area contributed by atoms with Crippen LogP contribution in [0.4, 0.5) is 0 Å². The SMILES string of the molecule is CCOC(=O)c1cc([C@H]2OCC(=O)[C@@H]2Cl)oc1C. The van der Waals surface area contributed by atoms with E-state index in [4.69, 9.17) is 25.5 Å². The van der Waals surface area contributed by atoms with E-state index in [-0.39, 0.29) is 19.0 Å². The van der Waals surface area contributed by atoms with Gasteiger partial charge < -0.3 is 13.9 Å². The summed E-state index contributed by atoms with van der Waals surface area (Å²) in [5.41, 5.74) is 0.332. The molecule has 98 valence electrons. The minimum atomic E-state index is -0.773. The second kappa shape index (κ2) is 5.12. The van der Waals surface area contributed by atoms with Crippen molar-refractivity contribution in [2.75, 3.05) is 13.2 Å². The van der Waals surface area contributed by atoms with Gasteiger partial charge in [-0.1, -0.05) is 0 Å². The van der Waals surface area contributed by atoms with E-state index in [0.717, 1.165) is 0 Å². The van der Waals surface area contributed by atoms with Crippen LogP contribution in [0.2, 0.25) is 0 Å². The minimum absolute atomic E-state index is 0.0344. The number of rotatable bonds is 3. The molecule has 0 radical (unpaired) electrons. The summed E-state index contributed by atoms with van der Waals surface area (Å²) in [7, 11) is 0. The van der Waals surface area contributed by atoms with Crippen molar-refractivity contribution in [3.63, 3.8) is 0 Å². The van der Waals surface area contributed by atoms with Gasteiger partial charge in [-0.3, -0.25) is 4.79 Å². The molecule has 1 aromatic rings. The van der Waals surface area contributed by atoms with Crippen LogP contribution in [0, 0.1) is 6.92 Å². The number of ketones is 1. The van der Waals surface area contributed by atoms with Gasteiger partial charge in [0.2, 0.25) is 0 Å². The second-order valence-corrected chi connectivity index (χ2v) is 4.41. The van der Waals surface area contributed by atoms with Crippen LogP contribution in [-0.2, 0) is 14.3 Å². The van der Waals surface area contributed by atoms with Crippen LogP contribution in [0.3, 0.4) is 0 Å². The monoisotopic (exact) mass is 272 g/mol. The number of hydrogen-bond acceptors (Lipinski definition) is 5. The van der Waals surface area contributed by atoms with E-state index in [2.05, 4.69) is 0 Å². The number of ether oxygens (including phenoxy) is 2. The molecule has 5 nitrogen and oxygen atoms in total. The molecular weight excluding hydrogens is 260 g/mol. The van der Waals surface area contributed by atoms with Crippen molar-refractivity contribution in [2.24, 2.45) is 0 Å². The lowest BCUT2D eigenvalue weighted by molar-refractivity contribution is -0.117. The first-order valence-electron chi connectivity index (χ1n) is 5.60. The molecular formula is C12H13ClO5. The third kappa shape index (κ3) is 2.28. The van der Waals surface area contributed by atoms with Crippen LogP contribution >= 0.6 is 11.6 Å². The first-order chi connectivity index (χ1) is 8.54. The standard InChI is InChI=1S/C12H13ClO5/c1-3-16-12(15)7-4-9(18-6(7)2)11-10(13)8(14)5-17-11/h4,10-11H,3,5H2,1-2H3/t10-,11+/m0/s1. The number of carbonyl (C=O) groups excluding carboxylic acids is 2. The van der Waals surface area contributed by atoms with Crippen LogP contribution < -0.4 is 0 Å². The molecule has 0 bridgehead atoms. The fourth-order valence-corrected chi connectivity index (χ4v) is 2.05. The molecule has 2 heterocycles. The Morgan fingerprint density at radius 3 is 2.89 bits per heavy atom. The van der Waals surface area contributed by atoms with Crippen LogP contribution in [0.5, 0.6) is 0 Å². The van der Waals surface area contributed by atoms with Gasteiger partial charge in [0.1, 0.15) is 35.2 Å². The maximum Gasteiger partial charge on any atom is 0.341 e. The van der Waals surface area contributed by atoms with E-state index in [1.165, 1.54) is 6.07 Å². The maximum absolute atomic E-state index is 11.6. The Kier molecular flexibility index (Phi) is 3.73. The topological polar surface area (TPSA) is 65.7 Å². The first kappa shape index (κ1) is 13.1. The molecule has 1 saturated heterocycles. The fourth-order valence-electron chi connectivity index (χ4n) is 1.79. The van der Waals surface area contributed by atoms with Crippen molar-refractivity contribution >= 4 is 23.4 Å². The van der Waals surface area contributed by atoms with Crippen LogP contribution in [0.25, 0.3) is 0 Å². The molecule has 0 aliphatic carbocycles. The number of Topliss-reactive ketones (excluding diaryl/α,β-unsaturated/α-hetero) is 1. The van der Waals surface area contributed by atoms with Gasteiger partial charge in [0.25, 0.3) is 0 Å². The highest BCUT2D eigenvalue weighted by atomic mass is 35.5. The summed E-state index contributed by atoms with van der Waals surface area (Å²) >= 11 is 5.91. The Balaban J connectivity index is 2.24. The first-order valence-corrected chi connectivity index (χ1v) is 6.04. The number of aryl methyl sites for hydroxylation is 1. The van der Waals surface area contributed by atoms with Crippen molar-refractivity contribution in [1.82, 2.24) is 0 Å². The predicted octanol–water partition coefficient (Wildman–Crippen LogP) is 2.01. The number of esters is 1. The van der Waals surface area contributed by atoms with Crippen molar-refractivity contribution in [3.8, 4) is 0 Å². The molecule has 1 aliphatic rings. The van der Waals surface area contributed by atoms with Gasteiger partial charge in [0.15, 0.2) is 5.78 Å². The Morgan fingerprint density at radius 2 is 2.33 bits per heavy atom. The van der Waals surface area contributed by atoms with Crippen molar-refractivity contribution < 1.29 is 23.5 Å². The van der Waals surface area contributed by atoms with Crippen molar-refractivity contribution in [3.05, 3.63) is 23.2 Å². The van der Waals surface area contributed by atoms with Crippen molar-refractivity contribution in [2.45, 2.75) is 25.3 Å². The molecule has 2 rings (SSSR count). The van der Waals surface area contributed by atoms with E-state index in [9.17, 15) is 9.59 Å². The molecule has 0 amide bonds. The highest BCUT2D eigenvalue weighted by Gasteiger charge is 2.38. The molecule has 2 atom stereocenters. The van der Waals surface area contributed by atoms with E-state index in [1.54, 1.807) is 13.8 Å². The summed E-state index contributed by atoms with van der Waals surface area (Å²) in [5.74, 6) is 0.158. The van der Waals surface area contributed by atoms with Gasteiger partial charge in [-0.25, -0.2) is 4.79 Å². The normalized spacial score (nSPS) is 23.4. The number of furan rings is 1. The summed E-state index contributed by atoms with van der Waals surface area (Å²) in [5, 5.41) is -0.773. The Hall–Kier alpha value is -1.33. The average molecular weight is 273 g/mol. The summed E-state index contributed by atoms with van der Waals surface area (Å²) in [4.78, 5) is 22.9. The lowest BCUT2D eigenvalue weighted by atomic mass is 10.1. The van der Waals surface area contributed by atoms with E-state index in [1.807, 2.05) is 0 Å². The van der Waals surface area contributed by atoms with Gasteiger partial charge in [0.05, 0.1) is 6.61 Å². The lowest BCUT2D eigenvalue weighted by Crippen LogP contribution is -2.13. The molecule has 0 aromatic carbocycles. The molecule has 0 saturated carbocycles. The number of hydrogen-bond donors (Lipinski definition) is 0. The summed E-state index contributed by atoms with van der Waals surface area (Å²) in [6.45, 7) is 3.63. The predicted molar refractivity (Wildman–Crippen MR) is 62.7 cm³/mol. The molecule has 0 spiro atoms. The fraction of sp³-hybridized carbons (Fsp3) is 0.500. The van der Waals surface area contributed by atoms with Crippen LogP contribution in [-0.4, -0.2) is 30.3 Å². The van der Waals surface area contributed by atoms with Gasteiger partial charge in [-0.2, -0.15) is 0 Å². The average Bonchev–Trinajstić information content (AvgIpc) is 2.85. The Bertz CT molecular complexity index is 479. The zero-order valence-corrected chi connectivity index (χ0v) is 10.8. The zero-order chi connectivity index (χ0) is 13.3. The number of alkyl halides is 1. The van der Waals surface area contributed by atoms with Crippen molar-refractivity contribution in [1.29, 1.82) is 0 Å². The Morgan fingerprint density at radius 1 is 1.61 bits per heavy atom. The molecule has 18 heavy (non-hydrogen) atoms. The van der Waals surface area contributed by atoms with Gasteiger partial charge >= 0.3 is 5.97 Å². The lowest BCUT2D eigenvalue weighted by Gasteiger charge is -2.07. The molecule has 0 unspecified atom stereocenters. The molecule has 6 heteroatoms. The number of halogens is 1. The molecule has 1 aliphatic heterocycles. The van der Waals surface area contributed by atoms with E-state index >= 15 is 0 Å². The minimum Gasteiger partial charge on any atom is -0.463 e. The van der Waals surface area contributed by atoms with Gasteiger partial charge in [0, 0.05) is 0 Å². The molecule has 1 aromatic heterocycles. The highest BCUT2D eigenvalue weighted by Crippen LogP contribution is 2.33. The quantitative estimate of drug-likeness (QED) is 0.622. The van der Waals surface area contributed by atoms with Crippen LogP contribution in [0.15, 0.2) is 10.5 Å². The third-order valence-corrected chi connectivity index (χ3v) is 3.16.